The maximum absolute atomic E-state index is 14.1. The zero-order valence-electron chi connectivity index (χ0n) is 30.4. The lowest BCUT2D eigenvalue weighted by Gasteiger charge is -2.30. The van der Waals surface area contributed by atoms with Gasteiger partial charge in [0.2, 0.25) is 23.6 Å². The molecule has 5 N–H and O–H groups in total. The lowest BCUT2D eigenvalue weighted by molar-refractivity contribution is -0.132. The molecule has 0 radical (unpaired) electrons. The topological polar surface area (TPSA) is 175 Å². The van der Waals surface area contributed by atoms with Crippen LogP contribution < -0.4 is 26.6 Å². The van der Waals surface area contributed by atoms with Gasteiger partial charge in [0, 0.05) is 36.9 Å². The van der Waals surface area contributed by atoms with Gasteiger partial charge in [-0.1, -0.05) is 57.2 Å². The summed E-state index contributed by atoms with van der Waals surface area (Å²) in [5.74, 6) is -1.66. The molecule has 52 heavy (non-hydrogen) atoms. The quantitative estimate of drug-likeness (QED) is 0.220. The molecule has 0 spiro atoms. The fourth-order valence-corrected chi connectivity index (χ4v) is 7.33. The van der Waals surface area contributed by atoms with Crippen molar-refractivity contribution in [3.8, 4) is 0 Å². The number of pyridine rings is 1. The molecule has 0 unspecified atom stereocenters. The summed E-state index contributed by atoms with van der Waals surface area (Å²) >= 11 is 2.81. The Morgan fingerprint density at radius 1 is 0.904 bits per heavy atom. The first kappa shape index (κ1) is 40.4. The summed E-state index contributed by atoms with van der Waals surface area (Å²) in [6.45, 7) is 7.92. The number of thioether (sulfide) groups is 1. The number of nitrogens with one attached hydrogen (secondary N) is 5. The second-order valence-electron chi connectivity index (χ2n) is 13.3. The molecule has 15 heteroatoms. The van der Waals surface area contributed by atoms with E-state index in [2.05, 4.69) is 36.6 Å². The number of aromatic nitrogens is 2. The average Bonchev–Trinajstić information content (AvgIpc) is 3.61. The maximum Gasteiger partial charge on any atom is 0.271 e. The summed E-state index contributed by atoms with van der Waals surface area (Å²) in [6.07, 6.45) is 6.47. The first-order valence-corrected chi connectivity index (χ1v) is 19.9. The van der Waals surface area contributed by atoms with Gasteiger partial charge in [-0.05, 0) is 61.3 Å². The third-order valence-electron chi connectivity index (χ3n) is 8.68. The van der Waals surface area contributed by atoms with Crippen LogP contribution in [0.1, 0.15) is 73.2 Å². The summed E-state index contributed by atoms with van der Waals surface area (Å²) in [7, 11) is 0. The number of fused-ring (bicyclic) bond motifs is 2. The highest BCUT2D eigenvalue weighted by molar-refractivity contribution is 7.98. The third kappa shape index (κ3) is 12.1. The fraction of sp³-hybridized carbons (Fsp3) is 0.486. The van der Waals surface area contributed by atoms with E-state index in [0.717, 1.165) is 11.1 Å². The summed E-state index contributed by atoms with van der Waals surface area (Å²) in [4.78, 5) is 78.5. The van der Waals surface area contributed by atoms with E-state index in [1.807, 2.05) is 67.5 Å². The Morgan fingerprint density at radius 2 is 1.62 bits per heavy atom. The monoisotopic (exact) mass is 750 g/mol. The summed E-state index contributed by atoms with van der Waals surface area (Å²) < 4.78 is 0. The molecule has 4 rings (SSSR count). The standard InChI is InChI=1S/C37H50N8O5S2/c1-6-28-34(48)42-29(14-16-51-5)35(49)40-27(17-25-11-8-7-9-12-25)20-45(19-26-13-10-15-38-18-26)21-31(46)44-32(23(2)3)37-43-30(22-52-37)36(50)39-24(4)33(47)41-28/h7-13,15,18,22-24,27-29,32H,6,14,16-17,19-21H2,1-5H3,(H,39,50)(H,40,49)(H,41,47)(H,42,48)(H,44,46)/t24-,27+,28+,29+,32+/m1/s1. The summed E-state index contributed by atoms with van der Waals surface area (Å²) in [5.41, 5.74) is 2.02. The van der Waals surface area contributed by atoms with Gasteiger partial charge in [-0.25, -0.2) is 4.98 Å². The van der Waals surface area contributed by atoms with Crippen LogP contribution in [0.3, 0.4) is 0 Å². The Kier molecular flexibility index (Phi) is 15.6. The molecule has 2 bridgehead atoms. The highest BCUT2D eigenvalue weighted by Crippen LogP contribution is 2.25. The highest BCUT2D eigenvalue weighted by Gasteiger charge is 2.31. The van der Waals surface area contributed by atoms with Crippen LogP contribution in [0.4, 0.5) is 0 Å². The highest BCUT2D eigenvalue weighted by atomic mass is 32.2. The molecule has 1 aliphatic rings. The molecule has 0 saturated heterocycles. The molecule has 13 nitrogen and oxygen atoms in total. The maximum atomic E-state index is 14.1. The lowest BCUT2D eigenvalue weighted by Crippen LogP contribution is -2.57. The molecule has 5 atom stereocenters. The average molecular weight is 751 g/mol. The zero-order valence-corrected chi connectivity index (χ0v) is 32.0. The van der Waals surface area contributed by atoms with Crippen LogP contribution in [0, 0.1) is 5.92 Å². The molecule has 0 aliphatic carbocycles. The minimum absolute atomic E-state index is 0.00804. The molecule has 3 heterocycles. The van der Waals surface area contributed by atoms with E-state index in [9.17, 15) is 24.0 Å². The summed E-state index contributed by atoms with van der Waals surface area (Å²) in [6, 6.07) is 9.84. The number of thiazole rings is 1. The first-order valence-electron chi connectivity index (χ1n) is 17.6. The van der Waals surface area contributed by atoms with Gasteiger partial charge in [-0.3, -0.25) is 33.9 Å². The van der Waals surface area contributed by atoms with Crippen LogP contribution in [0.2, 0.25) is 0 Å². The van der Waals surface area contributed by atoms with Crippen LogP contribution in [-0.2, 0) is 32.1 Å². The van der Waals surface area contributed by atoms with Crippen LogP contribution in [0.25, 0.3) is 0 Å². The SMILES string of the molecule is CC[C@@H]1NC(=O)[C@@H](C)NC(=O)c2csc(n2)[C@H](C(C)C)NC(=O)CN(Cc2cccnc2)C[C@H](Cc2ccccc2)NC(=O)[C@H](CCSC)NC1=O. The molecule has 1 aromatic carbocycles. The Bertz CT molecular complexity index is 1640. The number of carbonyl (C=O) groups excluding carboxylic acids is 5. The molecule has 280 valence electrons. The molecule has 2 aromatic heterocycles. The van der Waals surface area contributed by atoms with Crippen LogP contribution in [0.5, 0.6) is 0 Å². The second kappa shape index (κ2) is 20.0. The Hall–Kier alpha value is -4.34. The number of benzene rings is 1. The van der Waals surface area contributed by atoms with Crippen LogP contribution in [-0.4, -0.2) is 93.7 Å². The zero-order chi connectivity index (χ0) is 37.6. The minimum atomic E-state index is -0.977. The van der Waals surface area contributed by atoms with Crippen molar-refractivity contribution >= 4 is 52.6 Å². The smallest absolute Gasteiger partial charge is 0.271 e. The van der Waals surface area contributed by atoms with Crippen LogP contribution in [0.15, 0.2) is 60.2 Å². The van der Waals surface area contributed by atoms with E-state index in [-0.39, 0.29) is 36.4 Å². The normalized spacial score (nSPS) is 23.1. The van der Waals surface area contributed by atoms with Gasteiger partial charge in [0.25, 0.3) is 5.91 Å². The number of amides is 5. The van der Waals surface area contributed by atoms with Gasteiger partial charge in [0.05, 0.1) is 12.6 Å². The third-order valence-corrected chi connectivity index (χ3v) is 10.2. The fourth-order valence-electron chi connectivity index (χ4n) is 5.84. The van der Waals surface area contributed by atoms with E-state index < -0.39 is 47.9 Å². The molecule has 0 saturated carbocycles. The summed E-state index contributed by atoms with van der Waals surface area (Å²) in [5, 5.41) is 16.7. The van der Waals surface area contributed by atoms with Gasteiger partial charge < -0.3 is 26.6 Å². The van der Waals surface area contributed by atoms with Crippen molar-refractivity contribution in [3.63, 3.8) is 0 Å². The largest absolute Gasteiger partial charge is 0.350 e. The minimum Gasteiger partial charge on any atom is -0.350 e. The van der Waals surface area contributed by atoms with E-state index in [1.54, 1.807) is 36.5 Å². The Balaban J connectivity index is 1.72. The van der Waals surface area contributed by atoms with Crippen molar-refractivity contribution in [1.29, 1.82) is 0 Å². The number of nitrogens with zero attached hydrogens (tertiary/aromatic N) is 3. The van der Waals surface area contributed by atoms with Gasteiger partial charge >= 0.3 is 0 Å². The van der Waals surface area contributed by atoms with Crippen molar-refractivity contribution in [1.82, 2.24) is 41.5 Å². The molecular formula is C37H50N8O5S2. The van der Waals surface area contributed by atoms with Crippen molar-refractivity contribution in [2.75, 3.05) is 25.1 Å². The number of rotatable bonds is 9. The Labute approximate surface area is 313 Å². The van der Waals surface area contributed by atoms with Crippen molar-refractivity contribution in [2.24, 2.45) is 5.92 Å². The molecule has 0 fully saturated rings. The van der Waals surface area contributed by atoms with E-state index in [1.165, 1.54) is 18.3 Å². The number of carbonyl (C=O) groups is 5. The van der Waals surface area contributed by atoms with Crippen molar-refractivity contribution in [2.45, 2.75) is 83.7 Å². The van der Waals surface area contributed by atoms with E-state index >= 15 is 0 Å². The predicted molar refractivity (Wildman–Crippen MR) is 204 cm³/mol. The number of hydrogen-bond acceptors (Lipinski definition) is 10. The Morgan fingerprint density at radius 3 is 2.29 bits per heavy atom. The molecule has 1 aliphatic heterocycles. The van der Waals surface area contributed by atoms with Gasteiger partial charge in [-0.15, -0.1) is 11.3 Å². The van der Waals surface area contributed by atoms with Crippen molar-refractivity contribution < 1.29 is 24.0 Å². The van der Waals surface area contributed by atoms with Crippen LogP contribution >= 0.6 is 23.1 Å². The number of hydrogen-bond donors (Lipinski definition) is 5. The second-order valence-corrected chi connectivity index (χ2v) is 15.2. The molecule has 3 aromatic rings. The van der Waals surface area contributed by atoms with Gasteiger partial charge in [0.15, 0.2) is 0 Å². The van der Waals surface area contributed by atoms with E-state index in [0.29, 0.717) is 36.7 Å². The molecule has 5 amide bonds. The van der Waals surface area contributed by atoms with Gasteiger partial charge in [-0.2, -0.15) is 11.8 Å². The first-order chi connectivity index (χ1) is 25.0. The van der Waals surface area contributed by atoms with Crippen molar-refractivity contribution in [3.05, 3.63) is 82.1 Å². The van der Waals surface area contributed by atoms with E-state index in [4.69, 9.17) is 0 Å². The lowest BCUT2D eigenvalue weighted by atomic mass is 10.0. The van der Waals surface area contributed by atoms with Gasteiger partial charge in [0.1, 0.15) is 28.8 Å². The molecular weight excluding hydrogens is 701 g/mol. The predicted octanol–water partition coefficient (Wildman–Crippen LogP) is 2.85.